The van der Waals surface area contributed by atoms with Gasteiger partial charge in [0, 0.05) is 36.3 Å². The molecule has 7 nitrogen and oxygen atoms in total. The average Bonchev–Trinajstić information content (AvgIpc) is 3.29. The van der Waals surface area contributed by atoms with Gasteiger partial charge in [-0.1, -0.05) is 13.0 Å². The molecule has 1 aromatic heterocycles. The number of anilines is 1. The van der Waals surface area contributed by atoms with Gasteiger partial charge in [-0.2, -0.15) is 0 Å². The van der Waals surface area contributed by atoms with Crippen LogP contribution in [0.2, 0.25) is 0 Å². The molecule has 2 saturated carbocycles. The molecule has 0 bridgehead atoms. The van der Waals surface area contributed by atoms with Crippen molar-refractivity contribution in [3.05, 3.63) is 40.4 Å². The number of fused-ring (bicyclic) bond motifs is 5. The first-order chi connectivity index (χ1) is 16.6. The number of aromatic nitrogens is 1. The van der Waals surface area contributed by atoms with E-state index in [4.69, 9.17) is 4.74 Å². The van der Waals surface area contributed by atoms with Gasteiger partial charge >= 0.3 is 5.97 Å². The molecule has 2 fully saturated rings. The van der Waals surface area contributed by atoms with Crippen molar-refractivity contribution in [2.24, 2.45) is 23.2 Å². The van der Waals surface area contributed by atoms with Crippen LogP contribution in [0.1, 0.15) is 74.3 Å². The van der Waals surface area contributed by atoms with E-state index in [1.165, 1.54) is 29.4 Å². The number of phenolic OH excluding ortho intramolecular Hbond substituents is 1. The summed E-state index contributed by atoms with van der Waals surface area (Å²) in [6, 6.07) is 5.70. The Morgan fingerprint density at radius 1 is 1.31 bits per heavy atom. The molecule has 0 spiro atoms. The predicted octanol–water partition coefficient (Wildman–Crippen LogP) is 4.91. The third-order valence-corrected chi connectivity index (χ3v) is 9.65. The summed E-state index contributed by atoms with van der Waals surface area (Å²) in [6.45, 7) is 5.37. The number of aryl methyl sites for hydroxylation is 2. The molecule has 35 heavy (non-hydrogen) atoms. The van der Waals surface area contributed by atoms with Gasteiger partial charge in [0.1, 0.15) is 5.75 Å². The molecule has 3 aliphatic rings. The highest BCUT2D eigenvalue weighted by Crippen LogP contribution is 2.67. The number of rotatable bonds is 5. The number of carbonyl (C=O) groups is 2. The fourth-order valence-corrected chi connectivity index (χ4v) is 8.13. The molecule has 0 aliphatic heterocycles. The van der Waals surface area contributed by atoms with Crippen molar-refractivity contribution in [1.29, 1.82) is 0 Å². The Labute approximate surface area is 209 Å². The predicted molar refractivity (Wildman–Crippen MR) is 133 cm³/mol. The second-order valence-electron chi connectivity index (χ2n) is 10.9. The second-order valence-corrected chi connectivity index (χ2v) is 12.1. The van der Waals surface area contributed by atoms with Crippen molar-refractivity contribution in [3.8, 4) is 5.75 Å². The third-order valence-electron chi connectivity index (χ3n) is 8.82. The summed E-state index contributed by atoms with van der Waals surface area (Å²) in [5.41, 5.74) is 1.93. The Bertz CT molecular complexity index is 1150. The van der Waals surface area contributed by atoms with Crippen LogP contribution in [0.4, 0.5) is 5.13 Å². The van der Waals surface area contributed by atoms with Crippen LogP contribution in [0.15, 0.2) is 24.4 Å². The number of aliphatic hydroxyl groups is 1. The van der Waals surface area contributed by atoms with Gasteiger partial charge in [-0.05, 0) is 86.0 Å². The molecular formula is C27H34N2O5S. The second kappa shape index (κ2) is 8.89. The number of carbonyl (C=O) groups excluding carboxylic acids is 2. The lowest BCUT2D eigenvalue weighted by Gasteiger charge is -2.53. The highest BCUT2D eigenvalue weighted by atomic mass is 32.1. The number of amides is 1. The van der Waals surface area contributed by atoms with Gasteiger partial charge in [-0.25, -0.2) is 4.98 Å². The molecule has 5 rings (SSSR count). The molecule has 6 atom stereocenters. The van der Waals surface area contributed by atoms with Crippen LogP contribution in [0.5, 0.6) is 5.75 Å². The van der Waals surface area contributed by atoms with E-state index in [9.17, 15) is 19.8 Å². The molecule has 3 unspecified atom stereocenters. The van der Waals surface area contributed by atoms with Gasteiger partial charge in [0.2, 0.25) is 11.7 Å². The quantitative estimate of drug-likeness (QED) is 0.399. The minimum absolute atomic E-state index is 0.0552. The zero-order valence-corrected chi connectivity index (χ0v) is 21.4. The number of thiazole rings is 1. The number of hydrogen-bond acceptors (Lipinski definition) is 7. The largest absolute Gasteiger partial charge is 0.508 e. The third kappa shape index (κ3) is 4.25. The van der Waals surface area contributed by atoms with E-state index in [1.54, 1.807) is 12.3 Å². The van der Waals surface area contributed by atoms with Gasteiger partial charge in [0.15, 0.2) is 5.13 Å². The van der Waals surface area contributed by atoms with Crippen LogP contribution in [0, 0.1) is 30.1 Å². The van der Waals surface area contributed by atoms with Gasteiger partial charge in [-0.3, -0.25) is 9.59 Å². The van der Waals surface area contributed by atoms with E-state index < -0.39 is 17.2 Å². The van der Waals surface area contributed by atoms with Crippen molar-refractivity contribution >= 4 is 28.3 Å². The van der Waals surface area contributed by atoms with E-state index in [0.29, 0.717) is 42.0 Å². The summed E-state index contributed by atoms with van der Waals surface area (Å²) in [5.74, 6) is -0.944. The summed E-state index contributed by atoms with van der Waals surface area (Å²) in [4.78, 5) is 30.0. The highest BCUT2D eigenvalue weighted by Gasteiger charge is 2.67. The molecule has 3 N–H and O–H groups in total. The van der Waals surface area contributed by atoms with Crippen LogP contribution in [0.3, 0.4) is 0 Å². The van der Waals surface area contributed by atoms with Gasteiger partial charge in [0.25, 0.3) is 0 Å². The smallest absolute Gasteiger partial charge is 0.305 e. The minimum Gasteiger partial charge on any atom is -0.508 e. The van der Waals surface area contributed by atoms with Crippen molar-refractivity contribution in [2.45, 2.75) is 77.4 Å². The molecule has 8 heteroatoms. The Kier molecular flexibility index (Phi) is 6.16. The van der Waals surface area contributed by atoms with Gasteiger partial charge in [0.05, 0.1) is 0 Å². The molecule has 1 aromatic carbocycles. The number of hydrogen-bond donors (Lipinski definition) is 3. The number of benzene rings is 1. The number of nitrogens with zero attached hydrogens (tertiary/aromatic N) is 1. The minimum atomic E-state index is -1.53. The zero-order chi connectivity index (χ0) is 25.0. The number of nitrogens with one attached hydrogen (secondary N) is 1. The first-order valence-electron chi connectivity index (χ1n) is 12.6. The number of ether oxygens (including phenoxy) is 1. The van der Waals surface area contributed by atoms with Crippen LogP contribution >= 0.6 is 11.3 Å². The number of aromatic hydroxyl groups is 1. The maximum atomic E-state index is 12.7. The van der Waals surface area contributed by atoms with E-state index in [2.05, 4.69) is 23.3 Å². The normalized spacial score (nSPS) is 33.4. The fourth-order valence-electron chi connectivity index (χ4n) is 7.45. The van der Waals surface area contributed by atoms with Crippen molar-refractivity contribution in [2.75, 3.05) is 5.32 Å². The molecule has 188 valence electrons. The van der Waals surface area contributed by atoms with Crippen LogP contribution in [0.25, 0.3) is 0 Å². The summed E-state index contributed by atoms with van der Waals surface area (Å²) in [5, 5.41) is 25.2. The molecule has 0 radical (unpaired) electrons. The molecule has 3 aliphatic carbocycles. The van der Waals surface area contributed by atoms with E-state index in [-0.39, 0.29) is 17.7 Å². The summed E-state index contributed by atoms with van der Waals surface area (Å²) in [6.07, 6.45) is 6.51. The molecule has 2 aromatic rings. The topological polar surface area (TPSA) is 109 Å². The lowest BCUT2D eigenvalue weighted by Crippen LogP contribution is -2.53. The first-order valence-corrected chi connectivity index (χ1v) is 13.4. The first kappa shape index (κ1) is 24.3. The van der Waals surface area contributed by atoms with E-state index in [0.717, 1.165) is 30.6 Å². The van der Waals surface area contributed by atoms with Crippen LogP contribution < -0.4 is 5.32 Å². The average molecular weight is 499 g/mol. The van der Waals surface area contributed by atoms with Crippen molar-refractivity contribution in [3.63, 3.8) is 0 Å². The zero-order valence-electron chi connectivity index (χ0n) is 20.5. The molecule has 1 heterocycles. The van der Waals surface area contributed by atoms with Crippen LogP contribution in [-0.4, -0.2) is 32.9 Å². The Balaban J connectivity index is 1.41. The molecule has 1 amide bonds. The van der Waals surface area contributed by atoms with Gasteiger partial charge < -0.3 is 20.3 Å². The van der Waals surface area contributed by atoms with E-state index >= 15 is 0 Å². The summed E-state index contributed by atoms with van der Waals surface area (Å²) < 4.78 is 5.65. The highest BCUT2D eigenvalue weighted by molar-refractivity contribution is 7.15. The van der Waals surface area contributed by atoms with Crippen LogP contribution in [-0.2, 0) is 20.7 Å². The van der Waals surface area contributed by atoms with Gasteiger partial charge in [-0.15, -0.1) is 11.3 Å². The lowest BCUT2D eigenvalue weighted by atomic mass is 9.53. The maximum absolute atomic E-state index is 12.7. The number of phenols is 1. The summed E-state index contributed by atoms with van der Waals surface area (Å²) in [7, 11) is 0. The van der Waals surface area contributed by atoms with Crippen molar-refractivity contribution < 1.29 is 24.5 Å². The van der Waals surface area contributed by atoms with E-state index in [1.807, 2.05) is 13.0 Å². The standard InChI is InChI=1S/C27H34N2O5S/c1-15-14-28-25(35-15)29-23(32)9-5-18-13-27(33,34-16(2)30)26(3)11-10-21-20-8-6-19(31)12-17(20)4-7-22(21)24(18)26/h6,8,12,14,18,21-22,24,31,33H,4-5,7,9-11,13H2,1-3H3,(H,28,29,32)/t18-,21?,22?,24?,26+,27+/m1/s1. The molecular weight excluding hydrogens is 464 g/mol. The van der Waals surface area contributed by atoms with Crippen molar-refractivity contribution in [1.82, 2.24) is 4.98 Å². The Morgan fingerprint density at radius 2 is 2.11 bits per heavy atom. The number of esters is 1. The monoisotopic (exact) mass is 498 g/mol. The maximum Gasteiger partial charge on any atom is 0.305 e. The Morgan fingerprint density at radius 3 is 2.83 bits per heavy atom. The molecule has 0 saturated heterocycles. The Hall–Kier alpha value is -2.45. The fraction of sp³-hybridized carbons (Fsp3) is 0.593. The summed E-state index contributed by atoms with van der Waals surface area (Å²) >= 11 is 1.45. The lowest BCUT2D eigenvalue weighted by molar-refractivity contribution is -0.259. The SMILES string of the molecule is CC(=O)O[C@@]1(O)C[C@@H](CCC(=O)Nc2ncc(C)s2)C2C3CCc4cc(O)ccc4C3CC[C@@]21C.